The first kappa shape index (κ1) is 21.9. The van der Waals surface area contributed by atoms with Crippen LogP contribution in [0.4, 0.5) is 0 Å². The molecule has 2 aliphatic carbocycles. The fourth-order valence-corrected chi connectivity index (χ4v) is 5.88. The second kappa shape index (κ2) is 8.89. The quantitative estimate of drug-likeness (QED) is 0.481. The molecule has 1 saturated carbocycles. The van der Waals surface area contributed by atoms with Crippen LogP contribution in [0.15, 0.2) is 72.2 Å². The van der Waals surface area contributed by atoms with Crippen molar-refractivity contribution in [3.8, 4) is 17.1 Å². The van der Waals surface area contributed by atoms with Gasteiger partial charge in [0.1, 0.15) is 0 Å². The summed E-state index contributed by atoms with van der Waals surface area (Å²) in [6, 6.07) is 14.0. The van der Waals surface area contributed by atoms with Crippen molar-refractivity contribution in [2.75, 3.05) is 0 Å². The molecular formula is C28H29N5O2. The largest absolute Gasteiger partial charge is 0.391 e. The number of pyridine rings is 1. The van der Waals surface area contributed by atoms with Gasteiger partial charge in [-0.2, -0.15) is 5.10 Å². The molecule has 7 heteroatoms. The number of hydrogen-bond acceptors (Lipinski definition) is 5. The minimum absolute atomic E-state index is 0.0138. The number of rotatable bonds is 4. The number of aliphatic hydroxyl groups is 1. The van der Waals surface area contributed by atoms with Gasteiger partial charge < -0.3 is 5.11 Å². The number of hydrogen-bond donors (Lipinski definition) is 1. The molecule has 1 fully saturated rings. The molecule has 1 N–H and O–H groups in total. The zero-order valence-electron chi connectivity index (χ0n) is 19.8. The van der Waals surface area contributed by atoms with Crippen LogP contribution >= 0.6 is 0 Å². The van der Waals surface area contributed by atoms with E-state index in [1.54, 1.807) is 21.8 Å². The second-order valence-corrected chi connectivity index (χ2v) is 9.80. The van der Waals surface area contributed by atoms with Gasteiger partial charge in [-0.05, 0) is 54.4 Å². The van der Waals surface area contributed by atoms with Crippen LogP contribution in [0.25, 0.3) is 17.1 Å². The summed E-state index contributed by atoms with van der Waals surface area (Å²) in [6.45, 7) is 2.13. The van der Waals surface area contributed by atoms with Crippen molar-refractivity contribution in [2.45, 2.75) is 63.0 Å². The van der Waals surface area contributed by atoms with E-state index in [-0.39, 0.29) is 23.4 Å². The van der Waals surface area contributed by atoms with Gasteiger partial charge in [-0.3, -0.25) is 9.36 Å². The average Bonchev–Trinajstić information content (AvgIpc) is 3.42. The van der Waals surface area contributed by atoms with E-state index < -0.39 is 6.10 Å². The highest BCUT2D eigenvalue weighted by molar-refractivity contribution is 5.71. The van der Waals surface area contributed by atoms with E-state index in [0.717, 1.165) is 60.3 Å². The van der Waals surface area contributed by atoms with E-state index in [9.17, 15) is 9.90 Å². The molecule has 6 rings (SSSR count). The van der Waals surface area contributed by atoms with E-state index >= 15 is 0 Å². The number of aliphatic hydroxyl groups excluding tert-OH is 1. The topological polar surface area (TPSA) is 85.8 Å². The van der Waals surface area contributed by atoms with Crippen molar-refractivity contribution in [3.05, 3.63) is 94.4 Å². The minimum Gasteiger partial charge on any atom is -0.391 e. The zero-order chi connectivity index (χ0) is 23.9. The molecule has 3 heterocycles. The van der Waals surface area contributed by atoms with Crippen molar-refractivity contribution in [1.29, 1.82) is 0 Å². The lowest BCUT2D eigenvalue weighted by Crippen LogP contribution is -2.38. The van der Waals surface area contributed by atoms with Gasteiger partial charge in [-0.15, -0.1) is 0 Å². The van der Waals surface area contributed by atoms with Crippen LogP contribution in [0, 0.1) is 0 Å². The predicted octanol–water partition coefficient (Wildman–Crippen LogP) is 4.41. The third kappa shape index (κ3) is 3.80. The van der Waals surface area contributed by atoms with E-state index in [0.29, 0.717) is 0 Å². The Kier molecular flexibility index (Phi) is 5.57. The molecule has 178 valence electrons. The van der Waals surface area contributed by atoms with E-state index in [1.807, 2.05) is 30.6 Å². The van der Waals surface area contributed by atoms with Crippen LogP contribution in [0.3, 0.4) is 0 Å². The summed E-state index contributed by atoms with van der Waals surface area (Å²) in [5.41, 5.74) is 4.88. The molecule has 4 atom stereocenters. The lowest BCUT2D eigenvalue weighted by Gasteiger charge is -2.34. The highest BCUT2D eigenvalue weighted by Gasteiger charge is 2.36. The first-order valence-electron chi connectivity index (χ1n) is 12.4. The molecule has 0 aliphatic heterocycles. The molecular weight excluding hydrogens is 438 g/mol. The Morgan fingerprint density at radius 1 is 1.06 bits per heavy atom. The van der Waals surface area contributed by atoms with Crippen molar-refractivity contribution < 1.29 is 5.11 Å². The van der Waals surface area contributed by atoms with Gasteiger partial charge >= 0.3 is 0 Å². The van der Waals surface area contributed by atoms with Gasteiger partial charge in [0.05, 0.1) is 24.2 Å². The molecule has 4 aromatic rings. The molecule has 0 amide bonds. The lowest BCUT2D eigenvalue weighted by atomic mass is 9.72. The number of fused-ring (bicyclic) bond motifs is 3. The van der Waals surface area contributed by atoms with Crippen LogP contribution in [0.2, 0.25) is 0 Å². The SMILES string of the molecule is CC1c2c(ncn(C3CCCCC3O)c2=O)-c2ccccc2C1Cc1ccc(-n2cccn2)nc1. The molecule has 3 aromatic heterocycles. The summed E-state index contributed by atoms with van der Waals surface area (Å²) in [5.74, 6) is 0.885. The van der Waals surface area contributed by atoms with Crippen molar-refractivity contribution in [1.82, 2.24) is 24.3 Å². The first-order valence-corrected chi connectivity index (χ1v) is 12.4. The Labute approximate surface area is 204 Å². The van der Waals surface area contributed by atoms with Gasteiger partial charge in [0, 0.05) is 29.7 Å². The monoisotopic (exact) mass is 467 g/mol. The maximum absolute atomic E-state index is 13.8. The average molecular weight is 468 g/mol. The van der Waals surface area contributed by atoms with E-state index in [1.165, 1.54) is 5.56 Å². The molecule has 0 radical (unpaired) electrons. The molecule has 2 aliphatic rings. The van der Waals surface area contributed by atoms with Crippen molar-refractivity contribution >= 4 is 0 Å². The molecule has 0 saturated heterocycles. The van der Waals surface area contributed by atoms with Gasteiger partial charge in [0.25, 0.3) is 5.56 Å². The predicted molar refractivity (Wildman–Crippen MR) is 134 cm³/mol. The third-order valence-corrected chi connectivity index (χ3v) is 7.76. The second-order valence-electron chi connectivity index (χ2n) is 9.80. The number of nitrogens with zero attached hydrogens (tertiary/aromatic N) is 5. The van der Waals surface area contributed by atoms with Crippen LogP contribution in [0.1, 0.15) is 67.2 Å². The summed E-state index contributed by atoms with van der Waals surface area (Å²) < 4.78 is 3.44. The Bertz CT molecular complexity index is 1390. The maximum atomic E-state index is 13.8. The first-order chi connectivity index (χ1) is 17.1. The summed E-state index contributed by atoms with van der Waals surface area (Å²) in [6.07, 6.45) is 11.0. The summed E-state index contributed by atoms with van der Waals surface area (Å²) in [7, 11) is 0. The van der Waals surface area contributed by atoms with Crippen molar-refractivity contribution in [2.24, 2.45) is 0 Å². The normalized spacial score (nSPS) is 23.5. The minimum atomic E-state index is -0.498. The van der Waals surface area contributed by atoms with Crippen molar-refractivity contribution in [3.63, 3.8) is 0 Å². The highest BCUT2D eigenvalue weighted by atomic mass is 16.3. The summed E-state index contributed by atoms with van der Waals surface area (Å²) in [5, 5.41) is 14.9. The molecule has 0 bridgehead atoms. The number of aromatic nitrogens is 5. The van der Waals surface area contributed by atoms with E-state index in [2.05, 4.69) is 41.3 Å². The van der Waals surface area contributed by atoms with Crippen LogP contribution < -0.4 is 5.56 Å². The lowest BCUT2D eigenvalue weighted by molar-refractivity contribution is 0.0730. The van der Waals surface area contributed by atoms with Gasteiger partial charge in [0.2, 0.25) is 0 Å². The van der Waals surface area contributed by atoms with Crippen LogP contribution in [0.5, 0.6) is 0 Å². The fraction of sp³-hybridized carbons (Fsp3) is 0.357. The van der Waals surface area contributed by atoms with Gasteiger partial charge in [-0.1, -0.05) is 50.1 Å². The Morgan fingerprint density at radius 2 is 1.91 bits per heavy atom. The Morgan fingerprint density at radius 3 is 2.69 bits per heavy atom. The maximum Gasteiger partial charge on any atom is 0.257 e. The van der Waals surface area contributed by atoms with E-state index in [4.69, 9.17) is 4.98 Å². The highest BCUT2D eigenvalue weighted by Crippen LogP contribution is 2.46. The molecule has 1 aromatic carbocycles. The zero-order valence-corrected chi connectivity index (χ0v) is 19.8. The smallest absolute Gasteiger partial charge is 0.257 e. The van der Waals surface area contributed by atoms with Crippen LogP contribution in [-0.4, -0.2) is 35.5 Å². The van der Waals surface area contributed by atoms with Gasteiger partial charge in [-0.25, -0.2) is 14.6 Å². The third-order valence-electron chi connectivity index (χ3n) is 7.76. The summed E-state index contributed by atoms with van der Waals surface area (Å²) in [4.78, 5) is 23.2. The fourth-order valence-electron chi connectivity index (χ4n) is 5.88. The Hall–Kier alpha value is -3.58. The van der Waals surface area contributed by atoms with Crippen LogP contribution in [-0.2, 0) is 6.42 Å². The standard InChI is InChI=1S/C28H29N5O2/c1-18-22(15-19-11-12-25(29-16-19)33-14-6-13-31-33)20-7-2-3-8-21(20)27-26(18)28(35)32(17-30-27)23-9-4-5-10-24(23)34/h2-3,6-8,11-14,16-18,22-24,34H,4-5,9-10,15H2,1H3. The molecule has 4 unspecified atom stereocenters. The Balaban J connectivity index is 1.39. The summed E-state index contributed by atoms with van der Waals surface area (Å²) >= 11 is 0. The molecule has 35 heavy (non-hydrogen) atoms. The molecule has 0 spiro atoms. The number of benzene rings is 1. The molecule has 7 nitrogen and oxygen atoms in total. The van der Waals surface area contributed by atoms with Gasteiger partial charge in [0.15, 0.2) is 5.82 Å².